The summed E-state index contributed by atoms with van der Waals surface area (Å²) in [6, 6.07) is 8.68. The fourth-order valence-corrected chi connectivity index (χ4v) is 6.54. The molecule has 3 aromatic rings. The topological polar surface area (TPSA) is 112 Å². The van der Waals surface area contributed by atoms with Crippen LogP contribution >= 0.6 is 11.6 Å². The van der Waals surface area contributed by atoms with Crippen LogP contribution in [0.1, 0.15) is 62.2 Å². The zero-order chi connectivity index (χ0) is 33.3. The van der Waals surface area contributed by atoms with E-state index in [9.17, 15) is 23.5 Å². The number of nitrogens with one attached hydrogen (secondary N) is 1. The molecule has 1 atom stereocenters. The molecular formula is C34H41ClF3N3O5. The summed E-state index contributed by atoms with van der Waals surface area (Å²) in [5, 5.41) is 22.4. The Balaban J connectivity index is 0.000000459. The molecule has 2 aliphatic rings. The molecule has 0 amide bonds. The van der Waals surface area contributed by atoms with E-state index in [4.69, 9.17) is 21.4 Å². The minimum atomic E-state index is -1.45. The van der Waals surface area contributed by atoms with Crippen molar-refractivity contribution in [1.29, 1.82) is 0 Å². The van der Waals surface area contributed by atoms with Crippen molar-refractivity contribution in [2.75, 3.05) is 39.8 Å². The number of pyridine rings is 1. The molecule has 2 aromatic carbocycles. The maximum absolute atomic E-state index is 15.6. The zero-order valence-electron chi connectivity index (χ0n) is 25.9. The fourth-order valence-electron chi connectivity index (χ4n) is 6.27. The zero-order valence-corrected chi connectivity index (χ0v) is 26.7. The van der Waals surface area contributed by atoms with Crippen LogP contribution in [0, 0.1) is 23.0 Å². The fraction of sp³-hybridized carbons (Fsp3) is 0.500. The van der Waals surface area contributed by atoms with Crippen molar-refractivity contribution in [2.45, 2.75) is 57.5 Å². The lowest BCUT2D eigenvalue weighted by atomic mass is 9.74. The van der Waals surface area contributed by atoms with Crippen LogP contribution in [-0.4, -0.2) is 71.9 Å². The molecule has 1 unspecified atom stereocenters. The standard InChI is InChI=1S/C28H30ClF3N2O3.C6H11NO2/c1-37-21-4-5-25-22(16-21)26(23(29)17-33-25)24(32)6-7-28(27(35)36)8-11-34(12-9-28)10-2-3-18-13-19(30)15-20(31)14-18;8-6(9)5-1-3-7-4-2-5/h4-5,13-17,24H,2-3,6-12H2,1H3,(H,35,36);5,7H,1-4H2,(H,8,9). The Hall–Kier alpha value is -3.41. The summed E-state index contributed by atoms with van der Waals surface area (Å²) in [5.74, 6) is -2.28. The number of nitrogens with zero attached hydrogens (tertiary/aromatic N) is 2. The van der Waals surface area contributed by atoms with Crippen molar-refractivity contribution in [3.63, 3.8) is 0 Å². The molecule has 250 valence electrons. The van der Waals surface area contributed by atoms with Crippen molar-refractivity contribution in [1.82, 2.24) is 15.2 Å². The Kier molecular flexibility index (Phi) is 12.7. The second-order valence-electron chi connectivity index (χ2n) is 12.1. The number of ether oxygens (including phenoxy) is 1. The van der Waals surface area contributed by atoms with Gasteiger partial charge in [0.25, 0.3) is 0 Å². The summed E-state index contributed by atoms with van der Waals surface area (Å²) in [6.07, 6.45) is 3.79. The molecule has 12 heteroatoms. The lowest BCUT2D eigenvalue weighted by Gasteiger charge is -2.39. The van der Waals surface area contributed by atoms with Gasteiger partial charge in [-0.1, -0.05) is 11.6 Å². The summed E-state index contributed by atoms with van der Waals surface area (Å²) in [6.45, 7) is 3.54. The summed E-state index contributed by atoms with van der Waals surface area (Å²) in [5.41, 5.74) is 0.477. The average molecular weight is 664 g/mol. The number of aromatic nitrogens is 1. The number of carbonyl (C=O) groups is 2. The minimum Gasteiger partial charge on any atom is -0.497 e. The number of aliphatic carboxylic acids is 2. The lowest BCUT2D eigenvalue weighted by Crippen LogP contribution is -2.44. The van der Waals surface area contributed by atoms with E-state index < -0.39 is 35.2 Å². The van der Waals surface area contributed by atoms with Gasteiger partial charge in [-0.15, -0.1) is 0 Å². The quantitative estimate of drug-likeness (QED) is 0.205. The number of piperidine rings is 2. The van der Waals surface area contributed by atoms with Gasteiger partial charge in [0.05, 0.1) is 29.0 Å². The van der Waals surface area contributed by atoms with Crippen LogP contribution in [0.5, 0.6) is 5.75 Å². The van der Waals surface area contributed by atoms with Crippen LogP contribution in [0.15, 0.2) is 42.6 Å². The summed E-state index contributed by atoms with van der Waals surface area (Å²) >= 11 is 6.33. The van der Waals surface area contributed by atoms with E-state index in [0.717, 1.165) is 32.0 Å². The highest BCUT2D eigenvalue weighted by Crippen LogP contribution is 2.42. The molecule has 0 spiro atoms. The van der Waals surface area contributed by atoms with Gasteiger partial charge in [0.15, 0.2) is 0 Å². The number of likely N-dealkylation sites (tertiary alicyclic amines) is 1. The Morgan fingerprint density at radius 3 is 2.37 bits per heavy atom. The Morgan fingerprint density at radius 1 is 1.11 bits per heavy atom. The van der Waals surface area contributed by atoms with Crippen molar-refractivity contribution in [2.24, 2.45) is 11.3 Å². The highest BCUT2D eigenvalue weighted by atomic mass is 35.5. The van der Waals surface area contributed by atoms with E-state index in [1.54, 1.807) is 18.2 Å². The lowest BCUT2D eigenvalue weighted by molar-refractivity contribution is -0.153. The van der Waals surface area contributed by atoms with Gasteiger partial charge in [-0.3, -0.25) is 14.6 Å². The smallest absolute Gasteiger partial charge is 0.309 e. The molecule has 5 rings (SSSR count). The highest BCUT2D eigenvalue weighted by Gasteiger charge is 2.41. The van der Waals surface area contributed by atoms with Gasteiger partial charge < -0.3 is 25.2 Å². The van der Waals surface area contributed by atoms with Gasteiger partial charge in [-0.2, -0.15) is 0 Å². The van der Waals surface area contributed by atoms with E-state index in [0.29, 0.717) is 73.1 Å². The first-order valence-corrected chi connectivity index (χ1v) is 16.0. The molecule has 2 fully saturated rings. The van der Waals surface area contributed by atoms with Gasteiger partial charge in [0.2, 0.25) is 0 Å². The second-order valence-corrected chi connectivity index (χ2v) is 12.5. The molecule has 46 heavy (non-hydrogen) atoms. The minimum absolute atomic E-state index is 0.0213. The number of rotatable bonds is 11. The molecule has 0 aliphatic carbocycles. The number of aryl methyl sites for hydroxylation is 1. The number of hydrogen-bond donors (Lipinski definition) is 3. The van der Waals surface area contributed by atoms with Crippen molar-refractivity contribution >= 4 is 34.4 Å². The molecule has 3 heterocycles. The third kappa shape index (κ3) is 9.33. The van der Waals surface area contributed by atoms with Crippen LogP contribution in [0.3, 0.4) is 0 Å². The third-order valence-electron chi connectivity index (χ3n) is 9.08. The number of halogens is 4. The first kappa shape index (κ1) is 35.4. The molecule has 0 bridgehead atoms. The second kappa shape index (κ2) is 16.4. The number of fused-ring (bicyclic) bond motifs is 1. The molecular weight excluding hydrogens is 623 g/mol. The summed E-state index contributed by atoms with van der Waals surface area (Å²) in [7, 11) is 1.52. The van der Waals surface area contributed by atoms with E-state index in [1.165, 1.54) is 25.4 Å². The van der Waals surface area contributed by atoms with E-state index >= 15 is 4.39 Å². The van der Waals surface area contributed by atoms with Crippen LogP contribution in [0.25, 0.3) is 10.9 Å². The molecule has 3 N–H and O–H groups in total. The van der Waals surface area contributed by atoms with E-state index in [-0.39, 0.29) is 23.8 Å². The maximum atomic E-state index is 15.6. The van der Waals surface area contributed by atoms with Gasteiger partial charge in [-0.05, 0) is 120 Å². The molecule has 1 aromatic heterocycles. The normalized spacial score (nSPS) is 17.6. The van der Waals surface area contributed by atoms with Crippen LogP contribution in [0.2, 0.25) is 5.02 Å². The van der Waals surface area contributed by atoms with E-state index in [1.807, 2.05) is 0 Å². The predicted octanol–water partition coefficient (Wildman–Crippen LogP) is 6.84. The first-order chi connectivity index (χ1) is 22.0. The molecule has 8 nitrogen and oxygen atoms in total. The average Bonchev–Trinajstić information content (AvgIpc) is 3.04. The molecule has 2 aliphatic heterocycles. The van der Waals surface area contributed by atoms with Gasteiger partial charge >= 0.3 is 11.9 Å². The van der Waals surface area contributed by atoms with Crippen molar-refractivity contribution in [3.8, 4) is 5.75 Å². The van der Waals surface area contributed by atoms with Gasteiger partial charge in [-0.25, -0.2) is 13.2 Å². The molecule has 0 radical (unpaired) electrons. The molecule has 2 saturated heterocycles. The van der Waals surface area contributed by atoms with E-state index in [2.05, 4.69) is 15.2 Å². The highest BCUT2D eigenvalue weighted by molar-refractivity contribution is 6.32. The monoisotopic (exact) mass is 663 g/mol. The number of carboxylic acid groups (broad SMARTS) is 2. The van der Waals surface area contributed by atoms with Crippen LogP contribution in [-0.2, 0) is 16.0 Å². The Bertz CT molecular complexity index is 1480. The largest absolute Gasteiger partial charge is 0.497 e. The Morgan fingerprint density at radius 2 is 1.78 bits per heavy atom. The maximum Gasteiger partial charge on any atom is 0.309 e. The first-order valence-electron chi connectivity index (χ1n) is 15.6. The predicted molar refractivity (Wildman–Crippen MR) is 170 cm³/mol. The third-order valence-corrected chi connectivity index (χ3v) is 9.38. The Labute approximate surface area is 271 Å². The van der Waals surface area contributed by atoms with Gasteiger partial charge in [0.1, 0.15) is 23.6 Å². The van der Waals surface area contributed by atoms with Crippen LogP contribution < -0.4 is 10.1 Å². The number of methoxy groups -OCH3 is 1. The van der Waals surface area contributed by atoms with Gasteiger partial charge in [0, 0.05) is 23.2 Å². The number of alkyl halides is 1. The van der Waals surface area contributed by atoms with Crippen LogP contribution in [0.4, 0.5) is 13.2 Å². The summed E-state index contributed by atoms with van der Waals surface area (Å²) < 4.78 is 47.7. The number of carboxylic acids is 2. The number of hydrogen-bond acceptors (Lipinski definition) is 6. The SMILES string of the molecule is COc1ccc2ncc(Cl)c(C(F)CCC3(C(=O)O)CCN(CCCc4cc(F)cc(F)c4)CC3)c2c1.O=C(O)C1CCNCC1. The summed E-state index contributed by atoms with van der Waals surface area (Å²) in [4.78, 5) is 29.0. The van der Waals surface area contributed by atoms with Crippen molar-refractivity contribution < 1.29 is 37.7 Å². The number of benzene rings is 2. The molecule has 0 saturated carbocycles. The van der Waals surface area contributed by atoms with Crippen molar-refractivity contribution in [3.05, 3.63) is 70.4 Å².